The molecule has 0 fully saturated rings. The molecule has 0 atom stereocenters. The molecule has 4 nitrogen and oxygen atoms in total. The van der Waals surface area contributed by atoms with Crippen molar-refractivity contribution in [2.24, 2.45) is 0 Å². The molecule has 0 saturated carbocycles. The van der Waals surface area contributed by atoms with Gasteiger partial charge in [-0.2, -0.15) is 0 Å². The Kier molecular flexibility index (Phi) is 6.41. The standard InChI is InChI=1S/C32H32Cl2N4/c1-35-17-23-7-5-9-27(33)31(23)37(3)19-25-15-21(11-13-29(25)35)22-12-14-30-26(16-22)20-38(4)32-24(18-36(30)2)8-6-10-28(32)34/h5-16H,17-20H2,1-4H3. The lowest BCUT2D eigenvalue weighted by atomic mass is 9.96. The van der Waals surface area contributed by atoms with Crippen molar-refractivity contribution in [2.45, 2.75) is 26.2 Å². The molecule has 6 rings (SSSR count). The summed E-state index contributed by atoms with van der Waals surface area (Å²) in [7, 11) is 8.59. The summed E-state index contributed by atoms with van der Waals surface area (Å²) < 4.78 is 0. The molecule has 0 bridgehead atoms. The normalized spacial score (nSPS) is 15.0. The monoisotopic (exact) mass is 542 g/mol. The second-order valence-corrected chi connectivity index (χ2v) is 11.4. The third-order valence-electron chi connectivity index (χ3n) is 7.85. The number of rotatable bonds is 1. The Morgan fingerprint density at radius 3 is 1.29 bits per heavy atom. The van der Waals surface area contributed by atoms with Crippen LogP contribution in [0.3, 0.4) is 0 Å². The Hall–Kier alpha value is -3.34. The summed E-state index contributed by atoms with van der Waals surface area (Å²) in [5, 5.41) is 1.60. The molecule has 0 amide bonds. The second-order valence-electron chi connectivity index (χ2n) is 10.6. The predicted octanol–water partition coefficient (Wildman–Crippen LogP) is 7.83. The smallest absolute Gasteiger partial charge is 0.0643 e. The van der Waals surface area contributed by atoms with Gasteiger partial charge in [0.25, 0.3) is 0 Å². The summed E-state index contributed by atoms with van der Waals surface area (Å²) in [5.41, 5.74) is 12.2. The van der Waals surface area contributed by atoms with Crippen LogP contribution in [0.4, 0.5) is 22.7 Å². The zero-order valence-corrected chi connectivity index (χ0v) is 23.8. The van der Waals surface area contributed by atoms with E-state index in [0.717, 1.165) is 47.6 Å². The first-order valence-corrected chi connectivity index (χ1v) is 13.7. The van der Waals surface area contributed by atoms with Crippen molar-refractivity contribution in [1.82, 2.24) is 0 Å². The molecular formula is C32H32Cl2N4. The van der Waals surface area contributed by atoms with Crippen LogP contribution in [0.2, 0.25) is 10.0 Å². The van der Waals surface area contributed by atoms with Gasteiger partial charge in [-0.15, -0.1) is 0 Å². The van der Waals surface area contributed by atoms with Gasteiger partial charge >= 0.3 is 0 Å². The molecule has 38 heavy (non-hydrogen) atoms. The lowest BCUT2D eigenvalue weighted by Gasteiger charge is -2.33. The average molecular weight is 544 g/mol. The Morgan fingerprint density at radius 2 is 0.868 bits per heavy atom. The number of para-hydroxylation sites is 2. The van der Waals surface area contributed by atoms with E-state index in [2.05, 4.69) is 96.3 Å². The van der Waals surface area contributed by atoms with Crippen molar-refractivity contribution < 1.29 is 0 Å². The molecule has 4 aromatic carbocycles. The summed E-state index contributed by atoms with van der Waals surface area (Å²) >= 11 is 13.3. The van der Waals surface area contributed by atoms with Gasteiger partial charge in [0.2, 0.25) is 0 Å². The van der Waals surface area contributed by atoms with Crippen molar-refractivity contribution in [3.63, 3.8) is 0 Å². The maximum absolute atomic E-state index is 6.65. The minimum Gasteiger partial charge on any atom is -0.370 e. The molecule has 4 aromatic rings. The van der Waals surface area contributed by atoms with Gasteiger partial charge in [-0.25, -0.2) is 0 Å². The van der Waals surface area contributed by atoms with E-state index < -0.39 is 0 Å². The summed E-state index contributed by atoms with van der Waals surface area (Å²) in [5.74, 6) is 0. The molecule has 2 heterocycles. The minimum atomic E-state index is 0.788. The van der Waals surface area contributed by atoms with E-state index in [0.29, 0.717) is 0 Å². The van der Waals surface area contributed by atoms with Crippen molar-refractivity contribution in [1.29, 1.82) is 0 Å². The zero-order valence-electron chi connectivity index (χ0n) is 22.3. The number of anilines is 4. The fraction of sp³-hybridized carbons (Fsp3) is 0.250. The molecule has 2 aliphatic rings. The Bertz CT molecular complexity index is 1420. The number of fused-ring (bicyclic) bond motifs is 4. The Balaban J connectivity index is 1.37. The van der Waals surface area contributed by atoms with E-state index in [1.807, 2.05) is 24.3 Å². The number of hydrogen-bond acceptors (Lipinski definition) is 4. The number of benzene rings is 4. The quantitative estimate of drug-likeness (QED) is 0.243. The predicted molar refractivity (Wildman–Crippen MR) is 163 cm³/mol. The van der Waals surface area contributed by atoms with E-state index in [1.165, 1.54) is 44.8 Å². The van der Waals surface area contributed by atoms with Crippen LogP contribution in [0.1, 0.15) is 22.3 Å². The number of hydrogen-bond donors (Lipinski definition) is 0. The molecule has 0 aliphatic carbocycles. The molecule has 0 N–H and O–H groups in total. The lowest BCUT2D eigenvalue weighted by molar-refractivity contribution is 0.836. The minimum absolute atomic E-state index is 0.788. The molecule has 0 unspecified atom stereocenters. The highest BCUT2D eigenvalue weighted by molar-refractivity contribution is 6.33. The van der Waals surface area contributed by atoms with Gasteiger partial charge in [0, 0.05) is 65.7 Å². The first-order valence-electron chi connectivity index (χ1n) is 13.0. The zero-order chi connectivity index (χ0) is 26.6. The lowest BCUT2D eigenvalue weighted by Crippen LogP contribution is -2.27. The summed E-state index contributed by atoms with van der Waals surface area (Å²) in [6.07, 6.45) is 0. The molecule has 2 aliphatic heterocycles. The number of nitrogens with zero attached hydrogens (tertiary/aromatic N) is 4. The van der Waals surface area contributed by atoms with Crippen molar-refractivity contribution in [3.8, 4) is 11.1 Å². The third kappa shape index (κ3) is 4.36. The van der Waals surface area contributed by atoms with Gasteiger partial charge in [0.05, 0.1) is 21.4 Å². The second kappa shape index (κ2) is 9.76. The van der Waals surface area contributed by atoms with Crippen LogP contribution in [0.5, 0.6) is 0 Å². The van der Waals surface area contributed by atoms with E-state index >= 15 is 0 Å². The van der Waals surface area contributed by atoms with Gasteiger partial charge in [0.15, 0.2) is 0 Å². The van der Waals surface area contributed by atoms with Crippen LogP contribution >= 0.6 is 23.2 Å². The van der Waals surface area contributed by atoms with E-state index in [-0.39, 0.29) is 0 Å². The van der Waals surface area contributed by atoms with Gasteiger partial charge in [-0.3, -0.25) is 0 Å². The fourth-order valence-electron chi connectivity index (χ4n) is 6.11. The number of halogens is 2. The van der Waals surface area contributed by atoms with E-state index in [1.54, 1.807) is 0 Å². The van der Waals surface area contributed by atoms with Crippen LogP contribution in [0.25, 0.3) is 11.1 Å². The van der Waals surface area contributed by atoms with Crippen LogP contribution in [-0.4, -0.2) is 28.2 Å². The van der Waals surface area contributed by atoms with Crippen molar-refractivity contribution >= 4 is 46.0 Å². The molecule has 0 saturated heterocycles. The maximum Gasteiger partial charge on any atom is 0.0643 e. The maximum atomic E-state index is 6.65. The first kappa shape index (κ1) is 25.0. The Labute approximate surface area is 235 Å². The molecule has 6 heteroatoms. The topological polar surface area (TPSA) is 13.0 Å². The molecule has 194 valence electrons. The average Bonchev–Trinajstić information content (AvgIpc) is 2.87. The van der Waals surface area contributed by atoms with Crippen LogP contribution in [-0.2, 0) is 26.2 Å². The van der Waals surface area contributed by atoms with Crippen LogP contribution < -0.4 is 19.6 Å². The molecule has 0 radical (unpaired) electrons. The van der Waals surface area contributed by atoms with E-state index in [9.17, 15) is 0 Å². The first-order chi connectivity index (χ1) is 18.3. The highest BCUT2D eigenvalue weighted by Crippen LogP contribution is 2.39. The van der Waals surface area contributed by atoms with Crippen molar-refractivity contribution in [3.05, 3.63) is 105 Å². The Morgan fingerprint density at radius 1 is 0.474 bits per heavy atom. The van der Waals surface area contributed by atoms with Gasteiger partial charge < -0.3 is 19.6 Å². The van der Waals surface area contributed by atoms with Crippen LogP contribution in [0, 0.1) is 0 Å². The molecule has 0 spiro atoms. The van der Waals surface area contributed by atoms with Crippen molar-refractivity contribution in [2.75, 3.05) is 47.8 Å². The SMILES string of the molecule is CN1Cc2cccc(Cl)c2N(C)Cc2cc(-c3ccc4c(c3)CN(C)c3c(Cl)cccc3CN4C)ccc21. The van der Waals surface area contributed by atoms with E-state index in [4.69, 9.17) is 23.2 Å². The van der Waals surface area contributed by atoms with Crippen LogP contribution in [0.15, 0.2) is 72.8 Å². The summed E-state index contributed by atoms with van der Waals surface area (Å²) in [4.78, 5) is 9.21. The van der Waals surface area contributed by atoms with Gasteiger partial charge in [0.1, 0.15) is 0 Å². The molecule has 0 aromatic heterocycles. The van der Waals surface area contributed by atoms with Gasteiger partial charge in [-0.1, -0.05) is 59.6 Å². The van der Waals surface area contributed by atoms with Gasteiger partial charge in [-0.05, 0) is 69.8 Å². The fourth-order valence-corrected chi connectivity index (χ4v) is 6.79. The summed E-state index contributed by atoms with van der Waals surface area (Å²) in [6.45, 7) is 3.20. The highest BCUT2D eigenvalue weighted by atomic mass is 35.5. The highest BCUT2D eigenvalue weighted by Gasteiger charge is 2.23. The summed E-state index contributed by atoms with van der Waals surface area (Å²) in [6, 6.07) is 26.1. The largest absolute Gasteiger partial charge is 0.370 e. The molecular weight excluding hydrogens is 511 g/mol. The third-order valence-corrected chi connectivity index (χ3v) is 8.46.